The quantitative estimate of drug-likeness (QED) is 0.260. The van der Waals surface area contributed by atoms with Gasteiger partial charge in [0, 0.05) is 6.54 Å². The van der Waals surface area contributed by atoms with Crippen molar-refractivity contribution < 1.29 is 26.4 Å². The smallest absolute Gasteiger partial charge is 0.238 e. The zero-order chi connectivity index (χ0) is 24.6. The summed E-state index contributed by atoms with van der Waals surface area (Å²) in [6.07, 6.45) is 1.75. The third kappa shape index (κ3) is 4.89. The average Bonchev–Trinajstić information content (AvgIpc) is 3.34. The van der Waals surface area contributed by atoms with Crippen LogP contribution in [0.3, 0.4) is 0 Å². The van der Waals surface area contributed by atoms with Crippen molar-refractivity contribution >= 4 is 65.4 Å². The minimum atomic E-state index is -3.89. The maximum Gasteiger partial charge on any atom is 0.238 e. The molecule has 2 aromatic heterocycles. The number of nitrogens with one attached hydrogen (secondary N) is 1. The number of aromatic nitrogens is 3. The predicted octanol–water partition coefficient (Wildman–Crippen LogP) is 4.24. The number of unbranched alkanes of at least 4 members (excludes halogenated alkanes) is 1. The normalized spacial score (nSPS) is 12.0. The summed E-state index contributed by atoms with van der Waals surface area (Å²) in [5.74, 6) is -4.94. The number of rotatable bonds is 8. The van der Waals surface area contributed by atoms with Crippen molar-refractivity contribution in [3.8, 4) is 0 Å². The summed E-state index contributed by atoms with van der Waals surface area (Å²) >= 11 is 1.94. The molecule has 180 valence electrons. The Balaban J connectivity index is 1.54. The number of fused-ring (bicyclic) bond motifs is 2. The van der Waals surface area contributed by atoms with E-state index in [2.05, 4.69) is 15.3 Å². The van der Waals surface area contributed by atoms with Gasteiger partial charge in [-0.1, -0.05) is 36.4 Å². The number of halogens is 3. The highest BCUT2D eigenvalue weighted by molar-refractivity contribution is 7.99. The zero-order valence-electron chi connectivity index (χ0n) is 17.6. The molecule has 4 rings (SSSR count). The number of hydrogen-bond acceptors (Lipinski definition) is 7. The fourth-order valence-corrected chi connectivity index (χ4v) is 5.50. The van der Waals surface area contributed by atoms with E-state index in [0.717, 1.165) is 42.0 Å². The third-order valence-electron chi connectivity index (χ3n) is 4.85. The van der Waals surface area contributed by atoms with Crippen LogP contribution in [0.25, 0.3) is 21.3 Å². The number of amides is 1. The topological polar surface area (TPSA) is 120 Å². The number of anilines is 1. The Morgan fingerprint density at radius 1 is 1.21 bits per heavy atom. The molecule has 3 N–H and O–H groups in total. The Morgan fingerprint density at radius 2 is 1.97 bits per heavy atom. The Morgan fingerprint density at radius 3 is 2.68 bits per heavy atom. The van der Waals surface area contributed by atoms with E-state index in [1.807, 2.05) is 11.5 Å². The minimum Gasteiger partial charge on any atom is -0.319 e. The molecule has 0 atom stereocenters. The summed E-state index contributed by atoms with van der Waals surface area (Å²) in [4.78, 5) is 20.7. The van der Waals surface area contributed by atoms with Crippen molar-refractivity contribution in [1.82, 2.24) is 14.5 Å². The van der Waals surface area contributed by atoms with Crippen LogP contribution in [0.1, 0.15) is 19.8 Å². The number of primary sulfonamides is 1. The Hall–Kier alpha value is -2.68. The molecule has 0 saturated carbocycles. The number of benzene rings is 2. The van der Waals surface area contributed by atoms with Gasteiger partial charge in [-0.3, -0.25) is 4.79 Å². The highest BCUT2D eigenvalue weighted by atomic mass is 32.2. The molecule has 0 bridgehead atoms. The number of carbonyl (C=O) groups is 1. The van der Waals surface area contributed by atoms with Crippen molar-refractivity contribution in [3.05, 3.63) is 41.7 Å². The average molecular weight is 530 g/mol. The van der Waals surface area contributed by atoms with E-state index in [4.69, 9.17) is 5.14 Å². The molecule has 0 fully saturated rings. The van der Waals surface area contributed by atoms with E-state index >= 15 is 0 Å². The zero-order valence-corrected chi connectivity index (χ0v) is 20.1. The van der Waals surface area contributed by atoms with Crippen LogP contribution in [0.2, 0.25) is 0 Å². The summed E-state index contributed by atoms with van der Waals surface area (Å²) in [5, 5.41) is 8.21. The van der Waals surface area contributed by atoms with Gasteiger partial charge in [0.2, 0.25) is 15.9 Å². The molecule has 2 aromatic carbocycles. The van der Waals surface area contributed by atoms with Crippen LogP contribution < -0.4 is 10.5 Å². The maximum absolute atomic E-state index is 13.9. The Kier molecular flexibility index (Phi) is 6.85. The fraction of sp³-hybridized carbons (Fsp3) is 0.250. The Labute approximate surface area is 200 Å². The number of sulfonamides is 1. The van der Waals surface area contributed by atoms with Gasteiger partial charge in [0.15, 0.2) is 27.7 Å². The molecule has 0 radical (unpaired) electrons. The van der Waals surface area contributed by atoms with Gasteiger partial charge in [0.25, 0.3) is 0 Å². The van der Waals surface area contributed by atoms with Gasteiger partial charge in [-0.2, -0.15) is 0 Å². The van der Waals surface area contributed by atoms with Crippen LogP contribution >= 0.6 is 23.1 Å². The second kappa shape index (κ2) is 9.52. The number of thioether (sulfide) groups is 1. The lowest BCUT2D eigenvalue weighted by atomic mass is 10.3. The lowest BCUT2D eigenvalue weighted by molar-refractivity contribution is -0.113. The third-order valence-corrected chi connectivity index (χ3v) is 7.65. The van der Waals surface area contributed by atoms with Crippen LogP contribution in [0.5, 0.6) is 0 Å². The number of nitrogens with zero attached hydrogens (tertiary/aromatic N) is 3. The summed E-state index contributed by atoms with van der Waals surface area (Å²) < 4.78 is 66.0. The first kappa shape index (κ1) is 24.4. The van der Waals surface area contributed by atoms with E-state index in [9.17, 15) is 26.4 Å². The van der Waals surface area contributed by atoms with Crippen molar-refractivity contribution in [2.24, 2.45) is 5.14 Å². The molecule has 1 amide bonds. The van der Waals surface area contributed by atoms with E-state index in [-0.39, 0.29) is 26.0 Å². The van der Waals surface area contributed by atoms with Crippen LogP contribution in [-0.4, -0.2) is 34.6 Å². The van der Waals surface area contributed by atoms with Gasteiger partial charge < -0.3 is 9.88 Å². The lowest BCUT2D eigenvalue weighted by Crippen LogP contribution is -2.14. The van der Waals surface area contributed by atoms with Crippen LogP contribution in [0, 0.1) is 17.5 Å². The first-order valence-corrected chi connectivity index (χ1v) is 13.3. The largest absolute Gasteiger partial charge is 0.319 e. The molecule has 0 aliphatic carbocycles. The molecule has 0 unspecified atom stereocenters. The Bertz CT molecular complexity index is 1520. The van der Waals surface area contributed by atoms with E-state index < -0.39 is 33.4 Å². The van der Waals surface area contributed by atoms with Crippen LogP contribution in [0.4, 0.5) is 18.3 Å². The number of aryl methyl sites for hydroxylation is 1. The second-order valence-corrected chi connectivity index (χ2v) is 10.8. The van der Waals surface area contributed by atoms with Crippen molar-refractivity contribution in [1.29, 1.82) is 0 Å². The van der Waals surface area contributed by atoms with Gasteiger partial charge >= 0.3 is 0 Å². The molecule has 0 spiro atoms. The number of hydrogen-bond donors (Lipinski definition) is 2. The number of imidazole rings is 1. The van der Waals surface area contributed by atoms with Gasteiger partial charge in [-0.05, 0) is 30.7 Å². The van der Waals surface area contributed by atoms with Crippen LogP contribution in [-0.2, 0) is 21.4 Å². The molecule has 0 saturated heterocycles. The van der Waals surface area contributed by atoms with E-state index in [0.29, 0.717) is 22.7 Å². The van der Waals surface area contributed by atoms with Gasteiger partial charge in [-0.15, -0.1) is 0 Å². The molecule has 14 heteroatoms. The summed E-state index contributed by atoms with van der Waals surface area (Å²) in [6.45, 7) is 2.64. The van der Waals surface area contributed by atoms with E-state index in [1.165, 1.54) is 12.1 Å². The SMILES string of the molecule is CCCCn1c(SCC(=O)Nc2nc3c(F)c(F)c(F)cc3s2)nc2cc(S(N)(=O)=O)ccc21. The van der Waals surface area contributed by atoms with Crippen LogP contribution in [0.15, 0.2) is 34.3 Å². The first-order valence-electron chi connectivity index (χ1n) is 9.98. The second-order valence-electron chi connectivity index (χ2n) is 7.28. The van der Waals surface area contributed by atoms with Crippen molar-refractivity contribution in [2.75, 3.05) is 11.1 Å². The van der Waals surface area contributed by atoms with E-state index in [1.54, 1.807) is 6.07 Å². The molecule has 0 aliphatic heterocycles. The van der Waals surface area contributed by atoms with Gasteiger partial charge in [0.05, 0.1) is 26.4 Å². The van der Waals surface area contributed by atoms with Gasteiger partial charge in [0.1, 0.15) is 5.52 Å². The molecule has 2 heterocycles. The first-order chi connectivity index (χ1) is 16.1. The minimum absolute atomic E-state index is 0.00165. The summed E-state index contributed by atoms with van der Waals surface area (Å²) in [5.41, 5.74) is 0.768. The molecule has 4 aromatic rings. The molecular formula is C20H18F3N5O3S3. The highest BCUT2D eigenvalue weighted by Gasteiger charge is 2.19. The van der Waals surface area contributed by atoms with Crippen molar-refractivity contribution in [2.45, 2.75) is 36.4 Å². The number of carbonyl (C=O) groups excluding carboxylic acids is 1. The lowest BCUT2D eigenvalue weighted by Gasteiger charge is -2.08. The molecular weight excluding hydrogens is 511 g/mol. The standard InChI is InChI=1S/C20H18F3N5O3S3/c1-2-3-6-28-13-5-4-10(34(24,30)31)7-12(13)25-20(28)32-9-15(29)26-19-27-18-14(33-19)8-11(21)16(22)17(18)23/h4-5,7-8H,2-3,6,9H2,1H3,(H2,24,30,31)(H,26,27,29). The number of thiazole rings is 1. The maximum atomic E-state index is 13.9. The summed E-state index contributed by atoms with van der Waals surface area (Å²) in [6, 6.07) is 5.23. The number of nitrogens with two attached hydrogens (primary N) is 1. The monoisotopic (exact) mass is 529 g/mol. The highest BCUT2D eigenvalue weighted by Crippen LogP contribution is 2.31. The van der Waals surface area contributed by atoms with Gasteiger partial charge in [-0.25, -0.2) is 36.7 Å². The predicted molar refractivity (Wildman–Crippen MR) is 125 cm³/mol. The summed E-state index contributed by atoms with van der Waals surface area (Å²) in [7, 11) is -3.89. The molecule has 8 nitrogen and oxygen atoms in total. The van der Waals surface area contributed by atoms with Crippen molar-refractivity contribution in [3.63, 3.8) is 0 Å². The fourth-order valence-electron chi connectivity index (χ4n) is 3.22. The molecule has 0 aliphatic rings. The molecule has 34 heavy (non-hydrogen) atoms.